The van der Waals surface area contributed by atoms with Gasteiger partial charge in [0.25, 0.3) is 0 Å². The van der Waals surface area contributed by atoms with Gasteiger partial charge in [-0.1, -0.05) is 12.1 Å². The van der Waals surface area contributed by atoms with E-state index in [9.17, 15) is 18.0 Å². The Labute approximate surface area is 127 Å². The molecular weight excluding hydrogens is 297 g/mol. The maximum Gasteiger partial charge on any atom is 0.573 e. The van der Waals surface area contributed by atoms with Gasteiger partial charge < -0.3 is 9.64 Å². The summed E-state index contributed by atoms with van der Waals surface area (Å²) in [6.07, 6.45) is -2.93. The van der Waals surface area contributed by atoms with Gasteiger partial charge in [-0.05, 0) is 37.1 Å². The molecule has 7 heteroatoms. The molecule has 0 saturated carbocycles. The maximum absolute atomic E-state index is 12.1. The Bertz CT molecular complexity index is 515. The molecule has 1 amide bonds. The minimum Gasteiger partial charge on any atom is -0.406 e. The van der Waals surface area contributed by atoms with Crippen LogP contribution in [0, 0.1) is 0 Å². The third-order valence-corrected chi connectivity index (χ3v) is 3.63. The zero-order chi connectivity index (χ0) is 16.3. The summed E-state index contributed by atoms with van der Waals surface area (Å²) in [4.78, 5) is 15.7. The molecule has 4 nitrogen and oxygen atoms in total. The number of benzene rings is 1. The predicted molar refractivity (Wildman–Crippen MR) is 75.3 cm³/mol. The lowest BCUT2D eigenvalue weighted by Crippen LogP contribution is -2.42. The van der Waals surface area contributed by atoms with Gasteiger partial charge in [-0.3, -0.25) is 9.69 Å². The van der Waals surface area contributed by atoms with Crippen molar-refractivity contribution in [1.82, 2.24) is 9.80 Å². The molecule has 0 N–H and O–H groups in total. The zero-order valence-electron chi connectivity index (χ0n) is 12.6. The number of ether oxygens (including phenoxy) is 1. The average Bonchev–Trinajstić information content (AvgIpc) is 2.86. The van der Waals surface area contributed by atoms with E-state index in [0.29, 0.717) is 6.54 Å². The minimum atomic E-state index is -4.68. The predicted octanol–water partition coefficient (Wildman–Crippen LogP) is 2.64. The maximum atomic E-state index is 12.1. The van der Waals surface area contributed by atoms with Crippen LogP contribution < -0.4 is 4.74 Å². The van der Waals surface area contributed by atoms with E-state index in [2.05, 4.69) is 9.64 Å². The van der Waals surface area contributed by atoms with Crippen LogP contribution in [-0.4, -0.2) is 48.8 Å². The fourth-order valence-electron chi connectivity index (χ4n) is 2.62. The molecule has 1 saturated heterocycles. The summed E-state index contributed by atoms with van der Waals surface area (Å²) in [5.74, 6) is -0.173. The lowest BCUT2D eigenvalue weighted by atomic mass is 10.1. The summed E-state index contributed by atoms with van der Waals surface area (Å²) in [5.41, 5.74) is 0.855. The van der Waals surface area contributed by atoms with E-state index in [1.54, 1.807) is 31.1 Å². The molecule has 0 radical (unpaired) electrons. The Balaban J connectivity index is 2.00. The highest BCUT2D eigenvalue weighted by atomic mass is 19.4. The van der Waals surface area contributed by atoms with Crippen LogP contribution in [0.3, 0.4) is 0 Å². The SMILES string of the molecule is CN(C)C(=O)C1CCCN1Cc1ccc(OC(F)(F)F)cc1. The van der Waals surface area contributed by atoms with E-state index in [4.69, 9.17) is 0 Å². The number of nitrogens with zero attached hydrogens (tertiary/aromatic N) is 2. The number of hydrogen-bond acceptors (Lipinski definition) is 3. The van der Waals surface area contributed by atoms with Crippen LogP contribution in [0.2, 0.25) is 0 Å². The van der Waals surface area contributed by atoms with E-state index in [-0.39, 0.29) is 17.7 Å². The first kappa shape index (κ1) is 16.6. The molecule has 1 aliphatic heterocycles. The van der Waals surface area contributed by atoms with Gasteiger partial charge in [-0.25, -0.2) is 0 Å². The fraction of sp³-hybridized carbons (Fsp3) is 0.533. The largest absolute Gasteiger partial charge is 0.573 e. The summed E-state index contributed by atoms with van der Waals surface area (Å²) in [7, 11) is 3.45. The van der Waals surface area contributed by atoms with Crippen LogP contribution in [0.4, 0.5) is 13.2 Å². The Morgan fingerprint density at radius 1 is 1.32 bits per heavy atom. The van der Waals surface area contributed by atoms with Crippen molar-refractivity contribution in [1.29, 1.82) is 0 Å². The molecule has 1 fully saturated rings. The molecule has 1 aliphatic rings. The lowest BCUT2D eigenvalue weighted by molar-refractivity contribution is -0.274. The van der Waals surface area contributed by atoms with Gasteiger partial charge in [0.05, 0.1) is 6.04 Å². The van der Waals surface area contributed by atoms with Gasteiger partial charge in [-0.2, -0.15) is 0 Å². The first-order valence-corrected chi connectivity index (χ1v) is 7.06. The summed E-state index contributed by atoms with van der Waals surface area (Å²) in [6, 6.07) is 5.62. The molecule has 122 valence electrons. The van der Waals surface area contributed by atoms with Gasteiger partial charge in [0, 0.05) is 20.6 Å². The van der Waals surface area contributed by atoms with E-state index < -0.39 is 6.36 Å². The minimum absolute atomic E-state index is 0.0644. The molecule has 0 bridgehead atoms. The van der Waals surface area contributed by atoms with Crippen LogP contribution >= 0.6 is 0 Å². The average molecular weight is 316 g/mol. The molecular formula is C15H19F3N2O2. The topological polar surface area (TPSA) is 32.8 Å². The van der Waals surface area contributed by atoms with Crippen LogP contribution in [-0.2, 0) is 11.3 Å². The molecule has 22 heavy (non-hydrogen) atoms. The summed E-state index contributed by atoms with van der Waals surface area (Å²) in [6.45, 7) is 1.35. The van der Waals surface area contributed by atoms with Gasteiger partial charge in [-0.15, -0.1) is 13.2 Å². The number of halogens is 3. The second-order valence-corrected chi connectivity index (χ2v) is 5.55. The molecule has 0 aliphatic carbocycles. The van der Waals surface area contributed by atoms with Gasteiger partial charge in [0.15, 0.2) is 0 Å². The van der Waals surface area contributed by atoms with E-state index in [1.807, 2.05) is 0 Å². The molecule has 1 aromatic carbocycles. The van der Waals surface area contributed by atoms with E-state index in [1.165, 1.54) is 12.1 Å². The third kappa shape index (κ3) is 4.37. The van der Waals surface area contributed by atoms with Crippen molar-refractivity contribution in [3.05, 3.63) is 29.8 Å². The standard InChI is InChI=1S/C15H19F3N2O2/c1-19(2)14(21)13-4-3-9-20(13)10-11-5-7-12(8-6-11)22-15(16,17)18/h5-8,13H,3-4,9-10H2,1-2H3. The third-order valence-electron chi connectivity index (χ3n) is 3.63. The van der Waals surface area contributed by atoms with E-state index >= 15 is 0 Å². The summed E-state index contributed by atoms with van der Waals surface area (Å²) in [5, 5.41) is 0. The van der Waals surface area contributed by atoms with Crippen LogP contribution in [0.25, 0.3) is 0 Å². The Kier molecular flexibility index (Phi) is 4.95. The Morgan fingerprint density at radius 2 is 1.95 bits per heavy atom. The van der Waals surface area contributed by atoms with Crippen molar-refractivity contribution < 1.29 is 22.7 Å². The monoisotopic (exact) mass is 316 g/mol. The molecule has 0 spiro atoms. The zero-order valence-corrected chi connectivity index (χ0v) is 12.6. The molecule has 1 aromatic rings. The number of alkyl halides is 3. The molecule has 0 aromatic heterocycles. The highest BCUT2D eigenvalue weighted by molar-refractivity contribution is 5.81. The molecule has 1 unspecified atom stereocenters. The van der Waals surface area contributed by atoms with Crippen molar-refractivity contribution in [3.8, 4) is 5.75 Å². The smallest absolute Gasteiger partial charge is 0.406 e. The molecule has 1 heterocycles. The normalized spacial score (nSPS) is 19.2. The molecule has 2 rings (SSSR count). The van der Waals surface area contributed by atoms with Crippen molar-refractivity contribution in [2.45, 2.75) is 31.8 Å². The summed E-state index contributed by atoms with van der Waals surface area (Å²) >= 11 is 0. The second kappa shape index (κ2) is 6.56. The number of hydrogen-bond donors (Lipinski definition) is 0. The highest BCUT2D eigenvalue weighted by Crippen LogP contribution is 2.25. The summed E-state index contributed by atoms with van der Waals surface area (Å²) < 4.78 is 40.2. The Morgan fingerprint density at radius 3 is 2.50 bits per heavy atom. The second-order valence-electron chi connectivity index (χ2n) is 5.55. The van der Waals surface area contributed by atoms with Gasteiger partial charge in [0.2, 0.25) is 5.91 Å². The highest BCUT2D eigenvalue weighted by Gasteiger charge is 2.32. The van der Waals surface area contributed by atoms with Gasteiger partial charge >= 0.3 is 6.36 Å². The molecule has 1 atom stereocenters. The van der Waals surface area contributed by atoms with Crippen molar-refractivity contribution >= 4 is 5.91 Å². The van der Waals surface area contributed by atoms with Crippen molar-refractivity contribution in [2.75, 3.05) is 20.6 Å². The first-order chi connectivity index (χ1) is 10.3. The fourth-order valence-corrected chi connectivity index (χ4v) is 2.62. The van der Waals surface area contributed by atoms with Crippen LogP contribution in [0.1, 0.15) is 18.4 Å². The Hall–Kier alpha value is -1.76. The lowest BCUT2D eigenvalue weighted by Gasteiger charge is -2.26. The number of likely N-dealkylation sites (N-methyl/N-ethyl adjacent to an activating group) is 1. The number of amides is 1. The van der Waals surface area contributed by atoms with Crippen molar-refractivity contribution in [2.24, 2.45) is 0 Å². The van der Waals surface area contributed by atoms with E-state index in [0.717, 1.165) is 24.9 Å². The van der Waals surface area contributed by atoms with Gasteiger partial charge in [0.1, 0.15) is 5.75 Å². The quantitative estimate of drug-likeness (QED) is 0.856. The number of rotatable bonds is 4. The van der Waals surface area contributed by atoms with Crippen molar-refractivity contribution in [3.63, 3.8) is 0 Å². The number of carbonyl (C=O) groups excluding carboxylic acids is 1. The number of likely N-dealkylation sites (tertiary alicyclic amines) is 1. The van der Waals surface area contributed by atoms with Crippen LogP contribution in [0.5, 0.6) is 5.75 Å². The van der Waals surface area contributed by atoms with Crippen LogP contribution in [0.15, 0.2) is 24.3 Å². The first-order valence-electron chi connectivity index (χ1n) is 7.06. The number of carbonyl (C=O) groups is 1.